The first kappa shape index (κ1) is 19.4. The molecule has 1 aromatic heterocycles. The molecule has 0 aliphatic carbocycles. The Morgan fingerprint density at radius 3 is 2.52 bits per heavy atom. The van der Waals surface area contributed by atoms with Gasteiger partial charge in [0.25, 0.3) is 0 Å². The predicted octanol–water partition coefficient (Wildman–Crippen LogP) is 2.15. The minimum absolute atomic E-state index is 0. The molecule has 1 unspecified atom stereocenters. The molecule has 0 aliphatic rings. The number of benzene rings is 1. The summed E-state index contributed by atoms with van der Waals surface area (Å²) in [7, 11) is 0. The van der Waals surface area contributed by atoms with E-state index in [0.29, 0.717) is 13.1 Å². The third kappa shape index (κ3) is 5.20. The second kappa shape index (κ2) is 8.86. The first-order valence-corrected chi connectivity index (χ1v) is 8.04. The van der Waals surface area contributed by atoms with Crippen molar-refractivity contribution in [1.82, 2.24) is 9.88 Å². The molecule has 0 saturated heterocycles. The van der Waals surface area contributed by atoms with E-state index in [9.17, 15) is 9.59 Å². The molecule has 5 nitrogen and oxygen atoms in total. The van der Waals surface area contributed by atoms with E-state index in [1.54, 1.807) is 4.57 Å². The van der Waals surface area contributed by atoms with Crippen molar-refractivity contribution in [3.63, 3.8) is 0 Å². The molecule has 0 radical (unpaired) electrons. The van der Waals surface area contributed by atoms with Gasteiger partial charge in [0, 0.05) is 36.1 Å². The molecule has 0 bridgehead atoms. The zero-order valence-electron chi connectivity index (χ0n) is 13.2. The molecule has 1 heterocycles. The van der Waals surface area contributed by atoms with Crippen LogP contribution in [0.5, 0.6) is 0 Å². The molecule has 2 rings (SSSR count). The Bertz CT molecular complexity index is 697. The first-order chi connectivity index (χ1) is 10.5. The van der Waals surface area contributed by atoms with Gasteiger partial charge in [-0.15, -0.1) is 12.4 Å². The quantitative estimate of drug-likeness (QED) is 0.833. The molecule has 7 heteroatoms. The lowest BCUT2D eigenvalue weighted by atomic mass is 10.1. The highest BCUT2D eigenvalue weighted by Crippen LogP contribution is 2.10. The van der Waals surface area contributed by atoms with Crippen molar-refractivity contribution < 1.29 is 4.79 Å². The van der Waals surface area contributed by atoms with E-state index in [0.717, 1.165) is 16.1 Å². The van der Waals surface area contributed by atoms with Crippen molar-refractivity contribution in [2.75, 3.05) is 6.54 Å². The van der Waals surface area contributed by atoms with Gasteiger partial charge in [-0.2, -0.15) is 0 Å². The lowest BCUT2D eigenvalue weighted by Gasteiger charge is -2.13. The molecule has 23 heavy (non-hydrogen) atoms. The number of nitrogens with two attached hydrogens (primary N) is 1. The zero-order chi connectivity index (χ0) is 16.1. The third-order valence-corrected chi connectivity index (χ3v) is 4.68. The molecule has 0 spiro atoms. The normalized spacial score (nSPS) is 11.6. The van der Waals surface area contributed by atoms with Crippen LogP contribution in [0, 0.1) is 13.8 Å². The number of aryl methyl sites for hydroxylation is 1. The van der Waals surface area contributed by atoms with E-state index in [-0.39, 0.29) is 35.6 Å². The van der Waals surface area contributed by atoms with Crippen LogP contribution in [0.25, 0.3) is 0 Å². The summed E-state index contributed by atoms with van der Waals surface area (Å²) in [6, 6.07) is 9.42. The maximum atomic E-state index is 11.9. The number of carbonyl (C=O) groups excluding carboxylic acids is 1. The topological polar surface area (TPSA) is 77.1 Å². The molecule has 3 N–H and O–H groups in total. The number of halogens is 1. The highest BCUT2D eigenvalue weighted by molar-refractivity contribution is 7.09. The fourth-order valence-corrected chi connectivity index (χ4v) is 3.05. The van der Waals surface area contributed by atoms with Crippen molar-refractivity contribution in [2.45, 2.75) is 32.9 Å². The van der Waals surface area contributed by atoms with Gasteiger partial charge in [0.15, 0.2) is 0 Å². The number of nitrogens with one attached hydrogen (secondary N) is 1. The summed E-state index contributed by atoms with van der Waals surface area (Å²) >= 11 is 1.22. The number of hydrogen-bond donors (Lipinski definition) is 2. The van der Waals surface area contributed by atoms with Crippen molar-refractivity contribution in [2.24, 2.45) is 5.73 Å². The van der Waals surface area contributed by atoms with E-state index >= 15 is 0 Å². The van der Waals surface area contributed by atoms with Crippen LogP contribution in [-0.4, -0.2) is 17.0 Å². The molecule has 1 atom stereocenters. The van der Waals surface area contributed by atoms with Crippen LogP contribution in [0.4, 0.5) is 0 Å². The van der Waals surface area contributed by atoms with Gasteiger partial charge in [-0.3, -0.25) is 9.59 Å². The molecule has 0 fully saturated rings. The summed E-state index contributed by atoms with van der Waals surface area (Å²) in [6.45, 7) is 4.61. The van der Waals surface area contributed by atoms with E-state index in [2.05, 4.69) is 5.32 Å². The number of carbonyl (C=O) groups is 1. The third-order valence-electron chi connectivity index (χ3n) is 3.68. The number of rotatable bonds is 6. The Kier molecular flexibility index (Phi) is 7.48. The second-order valence-corrected chi connectivity index (χ2v) is 6.40. The van der Waals surface area contributed by atoms with Gasteiger partial charge in [0.05, 0.1) is 0 Å². The van der Waals surface area contributed by atoms with Gasteiger partial charge in [-0.1, -0.05) is 41.7 Å². The summed E-state index contributed by atoms with van der Waals surface area (Å²) in [6.07, 6.45) is 0.276. The van der Waals surface area contributed by atoms with Crippen LogP contribution in [0.15, 0.2) is 35.1 Å². The molecule has 126 valence electrons. The van der Waals surface area contributed by atoms with E-state index in [1.807, 2.05) is 44.2 Å². The standard InChI is InChI=1S/C16H21N3O2S.ClH/c1-11-12(2)22-16(21)19(11)9-8-15(20)18-10-14(17)13-6-4-3-5-7-13;/h3-7,14H,8-10,17H2,1-2H3,(H,18,20);1H. The highest BCUT2D eigenvalue weighted by atomic mass is 35.5. The first-order valence-electron chi connectivity index (χ1n) is 7.23. The SMILES string of the molecule is Cc1sc(=O)n(CCC(=O)NCC(N)c2ccccc2)c1C.Cl. The summed E-state index contributed by atoms with van der Waals surface area (Å²) in [5, 5.41) is 2.82. The highest BCUT2D eigenvalue weighted by Gasteiger charge is 2.11. The number of aromatic nitrogens is 1. The Labute approximate surface area is 145 Å². The van der Waals surface area contributed by atoms with Crippen LogP contribution >= 0.6 is 23.7 Å². The Morgan fingerprint density at radius 1 is 1.30 bits per heavy atom. The molecule has 0 aliphatic heterocycles. The summed E-state index contributed by atoms with van der Waals surface area (Å²) in [5.74, 6) is -0.0958. The maximum absolute atomic E-state index is 11.9. The van der Waals surface area contributed by atoms with Gasteiger partial charge in [0.2, 0.25) is 5.91 Å². The Balaban J connectivity index is 0.00000264. The predicted molar refractivity (Wildman–Crippen MR) is 96.3 cm³/mol. The molecular weight excluding hydrogens is 334 g/mol. The number of thiazole rings is 1. The summed E-state index contributed by atoms with van der Waals surface area (Å²) in [5.41, 5.74) is 7.96. The fraction of sp³-hybridized carbons (Fsp3) is 0.375. The zero-order valence-corrected chi connectivity index (χ0v) is 14.9. The Hall–Kier alpha value is -1.63. The minimum atomic E-state index is -0.224. The van der Waals surface area contributed by atoms with Crippen LogP contribution < -0.4 is 15.9 Å². The van der Waals surface area contributed by atoms with Gasteiger partial charge in [0.1, 0.15) is 0 Å². The van der Waals surface area contributed by atoms with E-state index < -0.39 is 0 Å². The monoisotopic (exact) mass is 355 g/mol. The Morgan fingerprint density at radius 2 is 1.96 bits per heavy atom. The van der Waals surface area contributed by atoms with E-state index in [1.165, 1.54) is 11.3 Å². The van der Waals surface area contributed by atoms with Crippen LogP contribution in [0.3, 0.4) is 0 Å². The summed E-state index contributed by atoms with van der Waals surface area (Å²) < 4.78 is 1.65. The molecular formula is C16H22ClN3O2S. The minimum Gasteiger partial charge on any atom is -0.354 e. The van der Waals surface area contributed by atoms with Crippen molar-refractivity contribution in [1.29, 1.82) is 0 Å². The average molecular weight is 356 g/mol. The summed E-state index contributed by atoms with van der Waals surface area (Å²) in [4.78, 5) is 24.6. The smallest absolute Gasteiger partial charge is 0.307 e. The maximum Gasteiger partial charge on any atom is 0.307 e. The largest absolute Gasteiger partial charge is 0.354 e. The fourth-order valence-electron chi connectivity index (χ4n) is 2.19. The number of nitrogens with zero attached hydrogens (tertiary/aromatic N) is 1. The number of hydrogen-bond acceptors (Lipinski definition) is 4. The lowest BCUT2D eigenvalue weighted by Crippen LogP contribution is -2.32. The van der Waals surface area contributed by atoms with Crippen LogP contribution in [0.2, 0.25) is 0 Å². The molecule has 1 aromatic carbocycles. The van der Waals surface area contributed by atoms with Gasteiger partial charge >= 0.3 is 4.87 Å². The van der Waals surface area contributed by atoms with Crippen molar-refractivity contribution in [3.05, 3.63) is 56.1 Å². The lowest BCUT2D eigenvalue weighted by molar-refractivity contribution is -0.121. The molecule has 1 amide bonds. The molecule has 2 aromatic rings. The van der Waals surface area contributed by atoms with Crippen molar-refractivity contribution >= 4 is 29.7 Å². The van der Waals surface area contributed by atoms with Gasteiger partial charge in [-0.05, 0) is 19.4 Å². The van der Waals surface area contributed by atoms with Crippen LogP contribution in [-0.2, 0) is 11.3 Å². The van der Waals surface area contributed by atoms with Gasteiger partial charge in [-0.25, -0.2) is 0 Å². The van der Waals surface area contributed by atoms with Crippen molar-refractivity contribution in [3.8, 4) is 0 Å². The average Bonchev–Trinajstić information content (AvgIpc) is 2.76. The van der Waals surface area contributed by atoms with E-state index in [4.69, 9.17) is 5.73 Å². The second-order valence-electron chi connectivity index (χ2n) is 5.23. The molecule has 0 saturated carbocycles. The number of amides is 1. The van der Waals surface area contributed by atoms with Gasteiger partial charge < -0.3 is 15.6 Å². The van der Waals surface area contributed by atoms with Crippen LogP contribution in [0.1, 0.15) is 28.6 Å².